The van der Waals surface area contributed by atoms with Crippen molar-refractivity contribution < 1.29 is 33.3 Å². The van der Waals surface area contributed by atoms with E-state index in [1.807, 2.05) is 0 Å². The van der Waals surface area contributed by atoms with Crippen LogP contribution in [0.2, 0.25) is 0 Å². The molecule has 0 aromatic heterocycles. The zero-order chi connectivity index (χ0) is 19.7. The summed E-state index contributed by atoms with van der Waals surface area (Å²) in [5.41, 5.74) is -0.279. The molecule has 0 saturated carbocycles. The highest BCUT2D eigenvalue weighted by Crippen LogP contribution is 2.27. The summed E-state index contributed by atoms with van der Waals surface area (Å²) in [6, 6.07) is 4.67. The van der Waals surface area contributed by atoms with Crippen LogP contribution >= 0.6 is 0 Å². The second kappa shape index (κ2) is 9.65. The van der Waals surface area contributed by atoms with Crippen LogP contribution in [-0.4, -0.2) is 50.8 Å². The van der Waals surface area contributed by atoms with Crippen molar-refractivity contribution in [3.63, 3.8) is 0 Å². The highest BCUT2D eigenvalue weighted by atomic mass is 16.6. The fraction of sp³-hybridized carbons (Fsp3) is 0.500. The van der Waals surface area contributed by atoms with Gasteiger partial charge in [-0.15, -0.1) is 0 Å². The third-order valence-electron chi connectivity index (χ3n) is 3.07. The molecule has 0 unspecified atom stereocenters. The van der Waals surface area contributed by atoms with Gasteiger partial charge in [0.15, 0.2) is 23.9 Å². The van der Waals surface area contributed by atoms with Crippen LogP contribution in [0.4, 0.5) is 4.79 Å². The molecule has 0 aliphatic rings. The zero-order valence-electron chi connectivity index (χ0n) is 15.7. The van der Waals surface area contributed by atoms with Crippen LogP contribution in [-0.2, 0) is 14.3 Å². The number of alkyl carbamates (subject to hydrolysis) is 1. The molecular weight excluding hydrogens is 342 g/mol. The molecule has 0 atom stereocenters. The Kier molecular flexibility index (Phi) is 7.89. The van der Waals surface area contributed by atoms with Gasteiger partial charge in [-0.05, 0) is 39.0 Å². The number of nitrogens with one attached hydrogen (secondary N) is 1. The average Bonchev–Trinajstić information content (AvgIpc) is 2.57. The average molecular weight is 367 g/mol. The van der Waals surface area contributed by atoms with Gasteiger partial charge in [0.2, 0.25) is 0 Å². The number of methoxy groups -OCH3 is 2. The van der Waals surface area contributed by atoms with E-state index >= 15 is 0 Å². The third-order valence-corrected chi connectivity index (χ3v) is 3.07. The third kappa shape index (κ3) is 7.42. The van der Waals surface area contributed by atoms with Gasteiger partial charge < -0.3 is 24.3 Å². The normalized spacial score (nSPS) is 10.7. The monoisotopic (exact) mass is 367 g/mol. The molecule has 0 heterocycles. The minimum absolute atomic E-state index is 0.0539. The molecule has 8 nitrogen and oxygen atoms in total. The number of hydrogen-bond acceptors (Lipinski definition) is 7. The fourth-order valence-electron chi connectivity index (χ4n) is 1.89. The Morgan fingerprint density at radius 1 is 1.04 bits per heavy atom. The Bertz CT molecular complexity index is 649. The number of amides is 1. The lowest BCUT2D eigenvalue weighted by Crippen LogP contribution is -2.33. The Morgan fingerprint density at radius 3 is 2.27 bits per heavy atom. The zero-order valence-corrected chi connectivity index (χ0v) is 15.7. The summed E-state index contributed by atoms with van der Waals surface area (Å²) in [7, 11) is 2.95. The molecule has 0 saturated heterocycles. The lowest BCUT2D eigenvalue weighted by molar-refractivity contribution is -0.142. The van der Waals surface area contributed by atoms with E-state index in [4.69, 9.17) is 18.9 Å². The van der Waals surface area contributed by atoms with Gasteiger partial charge in [0.1, 0.15) is 5.60 Å². The maximum absolute atomic E-state index is 12.1. The molecule has 0 aliphatic carbocycles. The molecule has 8 heteroatoms. The molecule has 0 fully saturated rings. The summed E-state index contributed by atoms with van der Waals surface area (Å²) < 4.78 is 20.2. The number of carbonyl (C=O) groups excluding carboxylic acids is 3. The van der Waals surface area contributed by atoms with Crippen LogP contribution in [0.25, 0.3) is 0 Å². The van der Waals surface area contributed by atoms with E-state index in [0.29, 0.717) is 17.1 Å². The van der Waals surface area contributed by atoms with Gasteiger partial charge in [-0.1, -0.05) is 0 Å². The summed E-state index contributed by atoms with van der Waals surface area (Å²) >= 11 is 0. The van der Waals surface area contributed by atoms with E-state index in [9.17, 15) is 14.4 Å². The van der Waals surface area contributed by atoms with Crippen molar-refractivity contribution in [2.75, 3.05) is 27.4 Å². The highest BCUT2D eigenvalue weighted by Gasteiger charge is 2.17. The van der Waals surface area contributed by atoms with E-state index in [1.165, 1.54) is 20.3 Å². The maximum Gasteiger partial charge on any atom is 0.407 e. The van der Waals surface area contributed by atoms with E-state index in [-0.39, 0.29) is 18.7 Å². The van der Waals surface area contributed by atoms with Crippen molar-refractivity contribution in [1.29, 1.82) is 0 Å². The Labute approximate surface area is 152 Å². The minimum atomic E-state index is -0.619. The smallest absolute Gasteiger partial charge is 0.407 e. The molecule has 144 valence electrons. The topological polar surface area (TPSA) is 100 Å². The van der Waals surface area contributed by atoms with Crippen LogP contribution in [0.3, 0.4) is 0 Å². The molecule has 26 heavy (non-hydrogen) atoms. The van der Waals surface area contributed by atoms with Gasteiger partial charge in [-0.2, -0.15) is 0 Å². The molecule has 0 spiro atoms. The molecule has 1 rings (SSSR count). The minimum Gasteiger partial charge on any atom is -0.493 e. The molecule has 1 aromatic carbocycles. The molecular formula is C18H25NO7. The van der Waals surface area contributed by atoms with Gasteiger partial charge in [0, 0.05) is 12.1 Å². The summed E-state index contributed by atoms with van der Waals surface area (Å²) in [4.78, 5) is 35.2. The Balaban J connectivity index is 2.40. The first-order valence-corrected chi connectivity index (χ1v) is 8.04. The van der Waals surface area contributed by atoms with Crippen LogP contribution in [0.15, 0.2) is 18.2 Å². The second-order valence-electron chi connectivity index (χ2n) is 6.33. The Hall–Kier alpha value is -2.77. The van der Waals surface area contributed by atoms with Crippen molar-refractivity contribution in [2.24, 2.45) is 0 Å². The molecule has 0 aliphatic heterocycles. The first-order valence-electron chi connectivity index (χ1n) is 8.04. The van der Waals surface area contributed by atoms with E-state index in [2.05, 4.69) is 5.32 Å². The van der Waals surface area contributed by atoms with Crippen molar-refractivity contribution in [3.8, 4) is 11.5 Å². The van der Waals surface area contributed by atoms with Gasteiger partial charge in [-0.25, -0.2) is 4.79 Å². The van der Waals surface area contributed by atoms with Gasteiger partial charge >= 0.3 is 12.1 Å². The lowest BCUT2D eigenvalue weighted by atomic mass is 10.1. The molecule has 0 radical (unpaired) electrons. The predicted molar refractivity (Wildman–Crippen MR) is 93.7 cm³/mol. The largest absolute Gasteiger partial charge is 0.493 e. The van der Waals surface area contributed by atoms with Crippen LogP contribution in [0.1, 0.15) is 37.6 Å². The summed E-state index contributed by atoms with van der Waals surface area (Å²) in [6.07, 6.45) is -0.690. The number of Topliss-reactive ketones (excluding diaryl/α,β-unsaturated/α-hetero) is 1. The number of hydrogen-bond donors (Lipinski definition) is 1. The summed E-state index contributed by atoms with van der Waals surface area (Å²) in [5.74, 6) is -0.0743. The van der Waals surface area contributed by atoms with E-state index in [0.717, 1.165) is 0 Å². The SMILES string of the molecule is COc1ccc(C(=O)COC(=O)CCNC(=O)OC(C)(C)C)cc1OC. The number of esters is 1. The summed E-state index contributed by atoms with van der Waals surface area (Å²) in [5, 5.41) is 2.44. The van der Waals surface area contributed by atoms with E-state index in [1.54, 1.807) is 32.9 Å². The van der Waals surface area contributed by atoms with Crippen LogP contribution < -0.4 is 14.8 Å². The summed E-state index contributed by atoms with van der Waals surface area (Å²) in [6.45, 7) is 4.86. The molecule has 0 bridgehead atoms. The molecule has 1 N–H and O–H groups in total. The van der Waals surface area contributed by atoms with Gasteiger partial charge in [0.05, 0.1) is 20.6 Å². The van der Waals surface area contributed by atoms with Gasteiger partial charge in [-0.3, -0.25) is 9.59 Å². The first kappa shape index (κ1) is 21.3. The predicted octanol–water partition coefficient (Wildman–Crippen LogP) is 2.34. The second-order valence-corrected chi connectivity index (χ2v) is 6.33. The standard InChI is InChI=1S/C18H25NO7/c1-18(2,3)26-17(22)19-9-8-16(21)25-11-13(20)12-6-7-14(23-4)15(10-12)24-5/h6-7,10H,8-9,11H2,1-5H3,(H,19,22). The fourth-order valence-corrected chi connectivity index (χ4v) is 1.89. The van der Waals surface area contributed by atoms with E-state index < -0.39 is 24.3 Å². The molecule has 1 aromatic rings. The molecule has 1 amide bonds. The number of ketones is 1. The van der Waals surface area contributed by atoms with Crippen molar-refractivity contribution in [1.82, 2.24) is 5.32 Å². The van der Waals surface area contributed by atoms with Crippen LogP contribution in [0.5, 0.6) is 11.5 Å². The highest BCUT2D eigenvalue weighted by molar-refractivity contribution is 5.98. The lowest BCUT2D eigenvalue weighted by Gasteiger charge is -2.19. The number of rotatable bonds is 8. The number of carbonyl (C=O) groups is 3. The van der Waals surface area contributed by atoms with Gasteiger partial charge in [0.25, 0.3) is 0 Å². The van der Waals surface area contributed by atoms with Crippen molar-refractivity contribution >= 4 is 17.8 Å². The number of benzene rings is 1. The first-order chi connectivity index (χ1) is 12.2. The van der Waals surface area contributed by atoms with Crippen molar-refractivity contribution in [3.05, 3.63) is 23.8 Å². The maximum atomic E-state index is 12.1. The Morgan fingerprint density at radius 2 is 1.69 bits per heavy atom. The number of ether oxygens (including phenoxy) is 4. The van der Waals surface area contributed by atoms with Crippen molar-refractivity contribution in [2.45, 2.75) is 32.8 Å². The quantitative estimate of drug-likeness (QED) is 0.556. The van der Waals surface area contributed by atoms with Crippen LogP contribution in [0, 0.1) is 0 Å².